The molecule has 20 heavy (non-hydrogen) atoms. The van der Waals surface area contributed by atoms with Crippen molar-refractivity contribution >= 4 is 10.9 Å². The molecule has 0 spiro atoms. The number of aromatic nitrogens is 1. The van der Waals surface area contributed by atoms with Crippen LogP contribution in [0.15, 0.2) is 24.4 Å². The highest BCUT2D eigenvalue weighted by atomic mass is 16.5. The van der Waals surface area contributed by atoms with Gasteiger partial charge in [0.05, 0.1) is 13.2 Å². The van der Waals surface area contributed by atoms with Crippen LogP contribution in [0.25, 0.3) is 10.9 Å². The van der Waals surface area contributed by atoms with E-state index in [0.29, 0.717) is 11.8 Å². The summed E-state index contributed by atoms with van der Waals surface area (Å²) in [6.07, 6.45) is 2.23. The summed E-state index contributed by atoms with van der Waals surface area (Å²) < 4.78 is 7.68. The molecular formula is C16H22N2O2. The van der Waals surface area contributed by atoms with E-state index in [-0.39, 0.29) is 0 Å². The van der Waals surface area contributed by atoms with Crippen molar-refractivity contribution in [2.24, 2.45) is 0 Å². The summed E-state index contributed by atoms with van der Waals surface area (Å²) in [5.41, 5.74) is 2.48. The summed E-state index contributed by atoms with van der Waals surface area (Å²) >= 11 is 0. The molecule has 2 aromatic rings. The van der Waals surface area contributed by atoms with E-state index in [4.69, 9.17) is 4.74 Å². The van der Waals surface area contributed by atoms with Gasteiger partial charge >= 0.3 is 0 Å². The fraction of sp³-hybridized carbons (Fsp3) is 0.500. The highest BCUT2D eigenvalue weighted by molar-refractivity contribution is 5.85. The summed E-state index contributed by atoms with van der Waals surface area (Å²) in [4.78, 5) is 2.41. The Balaban J connectivity index is 1.98. The number of ether oxygens (including phenoxy) is 1. The number of rotatable bonds is 3. The molecule has 1 aromatic heterocycles. The van der Waals surface area contributed by atoms with Gasteiger partial charge in [-0.15, -0.1) is 0 Å². The van der Waals surface area contributed by atoms with Crippen molar-refractivity contribution in [3.63, 3.8) is 0 Å². The van der Waals surface area contributed by atoms with E-state index >= 15 is 0 Å². The van der Waals surface area contributed by atoms with Gasteiger partial charge in [-0.25, -0.2) is 0 Å². The number of morpholine rings is 1. The van der Waals surface area contributed by atoms with Gasteiger partial charge in [-0.05, 0) is 37.6 Å². The topological polar surface area (TPSA) is 37.6 Å². The van der Waals surface area contributed by atoms with Crippen LogP contribution in [0.5, 0.6) is 5.75 Å². The minimum Gasteiger partial charge on any atom is -0.508 e. The molecule has 1 fully saturated rings. The molecule has 0 saturated carbocycles. The molecule has 0 bridgehead atoms. The summed E-state index contributed by atoms with van der Waals surface area (Å²) in [5.74, 6) is 0.335. The minimum atomic E-state index is 0.335. The Bertz CT molecular complexity index is 598. The van der Waals surface area contributed by atoms with Crippen LogP contribution in [-0.2, 0) is 11.3 Å². The van der Waals surface area contributed by atoms with Gasteiger partial charge in [-0.3, -0.25) is 4.90 Å². The maximum Gasteiger partial charge on any atom is 0.116 e. The lowest BCUT2D eigenvalue weighted by molar-refractivity contribution is 0.0343. The van der Waals surface area contributed by atoms with E-state index in [0.717, 1.165) is 38.2 Å². The van der Waals surface area contributed by atoms with Gasteiger partial charge in [-0.2, -0.15) is 0 Å². The van der Waals surface area contributed by atoms with Crippen molar-refractivity contribution in [3.05, 3.63) is 30.0 Å². The van der Waals surface area contributed by atoms with Gasteiger partial charge in [0.1, 0.15) is 5.75 Å². The molecule has 4 nitrogen and oxygen atoms in total. The number of hydrogen-bond donors (Lipinski definition) is 1. The Morgan fingerprint density at radius 3 is 2.70 bits per heavy atom. The molecular weight excluding hydrogens is 252 g/mol. The molecule has 1 aromatic carbocycles. The van der Waals surface area contributed by atoms with Crippen molar-refractivity contribution < 1.29 is 9.84 Å². The third kappa shape index (κ3) is 2.53. The highest BCUT2D eigenvalue weighted by Gasteiger charge is 2.16. The molecule has 1 aliphatic rings. The fourth-order valence-corrected chi connectivity index (χ4v) is 2.87. The van der Waals surface area contributed by atoms with Gasteiger partial charge in [0.2, 0.25) is 0 Å². The average molecular weight is 274 g/mol. The smallest absolute Gasteiger partial charge is 0.116 e. The van der Waals surface area contributed by atoms with Crippen molar-refractivity contribution in [1.29, 1.82) is 0 Å². The number of phenolic OH excluding ortho intramolecular Hbond substituents is 1. The second-order valence-corrected chi connectivity index (χ2v) is 5.75. The Hall–Kier alpha value is -1.52. The Morgan fingerprint density at radius 1 is 1.25 bits per heavy atom. The maximum absolute atomic E-state index is 9.77. The molecule has 0 aliphatic carbocycles. The Morgan fingerprint density at radius 2 is 2.00 bits per heavy atom. The minimum absolute atomic E-state index is 0.335. The monoisotopic (exact) mass is 274 g/mol. The van der Waals surface area contributed by atoms with Crippen molar-refractivity contribution in [1.82, 2.24) is 9.47 Å². The first-order valence-electron chi connectivity index (χ1n) is 7.27. The predicted molar refractivity (Wildman–Crippen MR) is 80.1 cm³/mol. The molecule has 0 amide bonds. The molecule has 0 radical (unpaired) electrons. The lowest BCUT2D eigenvalue weighted by atomic mass is 10.1. The van der Waals surface area contributed by atoms with Crippen LogP contribution < -0.4 is 0 Å². The SMILES string of the molecule is CC(C)n1cc(CN2CCOCC2)c2cc(O)ccc21. The first kappa shape index (κ1) is 13.5. The van der Waals surface area contributed by atoms with Crippen LogP contribution >= 0.6 is 0 Å². The zero-order valence-electron chi connectivity index (χ0n) is 12.2. The zero-order chi connectivity index (χ0) is 14.1. The summed E-state index contributed by atoms with van der Waals surface area (Å²) in [6.45, 7) is 8.88. The van der Waals surface area contributed by atoms with Crippen LogP contribution in [-0.4, -0.2) is 40.9 Å². The summed E-state index contributed by atoms with van der Waals surface area (Å²) in [5, 5.41) is 10.9. The molecule has 1 N–H and O–H groups in total. The van der Waals surface area contributed by atoms with E-state index in [9.17, 15) is 5.11 Å². The Labute approximate surface area is 119 Å². The predicted octanol–water partition coefficient (Wildman–Crippen LogP) is 2.76. The van der Waals surface area contributed by atoms with Crippen molar-refractivity contribution in [3.8, 4) is 5.75 Å². The largest absolute Gasteiger partial charge is 0.508 e. The van der Waals surface area contributed by atoms with Gasteiger partial charge in [0.25, 0.3) is 0 Å². The van der Waals surface area contributed by atoms with E-state index in [1.165, 1.54) is 11.1 Å². The van der Waals surface area contributed by atoms with Crippen molar-refractivity contribution in [2.75, 3.05) is 26.3 Å². The standard InChI is InChI=1S/C16H22N2O2/c1-12(2)18-11-13(10-17-5-7-20-8-6-17)15-9-14(19)3-4-16(15)18/h3-4,9,11-12,19H,5-8,10H2,1-2H3. The first-order chi connectivity index (χ1) is 9.65. The molecule has 1 saturated heterocycles. The van der Waals surface area contributed by atoms with E-state index < -0.39 is 0 Å². The molecule has 108 valence electrons. The maximum atomic E-state index is 9.77. The normalized spacial score (nSPS) is 17.1. The third-order valence-electron chi connectivity index (χ3n) is 3.95. The molecule has 1 aliphatic heterocycles. The van der Waals surface area contributed by atoms with Crippen LogP contribution in [0.3, 0.4) is 0 Å². The van der Waals surface area contributed by atoms with Crippen molar-refractivity contribution in [2.45, 2.75) is 26.4 Å². The zero-order valence-corrected chi connectivity index (χ0v) is 12.2. The number of phenols is 1. The lowest BCUT2D eigenvalue weighted by Crippen LogP contribution is -2.35. The molecule has 3 rings (SSSR count). The quantitative estimate of drug-likeness (QED) is 0.935. The van der Waals surface area contributed by atoms with E-state index in [2.05, 4.69) is 29.5 Å². The van der Waals surface area contributed by atoms with Crippen LogP contribution in [0.4, 0.5) is 0 Å². The molecule has 2 heterocycles. The molecule has 4 heteroatoms. The van der Waals surface area contributed by atoms with Gasteiger partial charge in [-0.1, -0.05) is 0 Å². The first-order valence-corrected chi connectivity index (χ1v) is 7.27. The lowest BCUT2D eigenvalue weighted by Gasteiger charge is -2.26. The average Bonchev–Trinajstić information content (AvgIpc) is 2.78. The fourth-order valence-electron chi connectivity index (χ4n) is 2.87. The second kappa shape index (κ2) is 5.46. The van der Waals surface area contributed by atoms with E-state index in [1.807, 2.05) is 12.1 Å². The number of aromatic hydroxyl groups is 1. The third-order valence-corrected chi connectivity index (χ3v) is 3.95. The Kier molecular flexibility index (Phi) is 3.68. The van der Waals surface area contributed by atoms with Crippen LogP contribution in [0.1, 0.15) is 25.5 Å². The number of nitrogens with zero attached hydrogens (tertiary/aromatic N) is 2. The van der Waals surface area contributed by atoms with Gasteiger partial charge in [0, 0.05) is 42.8 Å². The summed E-state index contributed by atoms with van der Waals surface area (Å²) in [7, 11) is 0. The van der Waals surface area contributed by atoms with Crippen LogP contribution in [0, 0.1) is 0 Å². The van der Waals surface area contributed by atoms with Gasteiger partial charge in [0.15, 0.2) is 0 Å². The number of hydrogen-bond acceptors (Lipinski definition) is 3. The summed E-state index contributed by atoms with van der Waals surface area (Å²) in [6, 6.07) is 6.07. The molecule has 0 atom stereocenters. The van der Waals surface area contributed by atoms with E-state index in [1.54, 1.807) is 6.07 Å². The van der Waals surface area contributed by atoms with Crippen LogP contribution in [0.2, 0.25) is 0 Å². The second-order valence-electron chi connectivity index (χ2n) is 5.75. The highest BCUT2D eigenvalue weighted by Crippen LogP contribution is 2.29. The van der Waals surface area contributed by atoms with Gasteiger partial charge < -0.3 is 14.4 Å². The number of benzene rings is 1. The number of fused-ring (bicyclic) bond motifs is 1. The molecule has 0 unspecified atom stereocenters.